The lowest BCUT2D eigenvalue weighted by atomic mass is 10.0. The molecule has 1 fully saturated rings. The zero-order valence-electron chi connectivity index (χ0n) is 12.6. The Hall–Kier alpha value is -1.28. The molecule has 0 saturated carbocycles. The van der Waals surface area contributed by atoms with Crippen LogP contribution in [0, 0.1) is 0 Å². The number of ether oxygens (including phenoxy) is 1. The monoisotopic (exact) mass is 395 g/mol. The highest BCUT2D eigenvalue weighted by Crippen LogP contribution is 2.22. The number of nitrogens with zero attached hydrogens (tertiary/aromatic N) is 2. The quantitative estimate of drug-likeness (QED) is 0.845. The lowest BCUT2D eigenvalue weighted by Crippen LogP contribution is -2.43. The van der Waals surface area contributed by atoms with Crippen molar-refractivity contribution < 1.29 is 9.53 Å². The van der Waals surface area contributed by atoms with Crippen molar-refractivity contribution in [3.8, 4) is 0 Å². The summed E-state index contributed by atoms with van der Waals surface area (Å²) in [6, 6.07) is 10.4. The second kappa shape index (κ2) is 8.01. The smallest absolute Gasteiger partial charge is 0.280 e. The Balaban J connectivity index is 1.69. The molecular weight excluding hydrogens is 378 g/mol. The van der Waals surface area contributed by atoms with Crippen LogP contribution in [0.3, 0.4) is 0 Å². The van der Waals surface area contributed by atoms with E-state index < -0.39 is 0 Å². The van der Waals surface area contributed by atoms with Crippen LogP contribution in [0.2, 0.25) is 0 Å². The zero-order chi connectivity index (χ0) is 16.1. The summed E-state index contributed by atoms with van der Waals surface area (Å²) < 4.78 is 6.30. The molecular formula is C16H18BrN3O2S. The number of nitrogens with one attached hydrogen (secondary N) is 1. The zero-order valence-corrected chi connectivity index (χ0v) is 15.0. The van der Waals surface area contributed by atoms with E-state index in [4.69, 9.17) is 4.74 Å². The van der Waals surface area contributed by atoms with Crippen LogP contribution >= 0.6 is 27.3 Å². The highest BCUT2D eigenvalue weighted by molar-refractivity contribution is 9.11. The Labute approximate surface area is 147 Å². The fourth-order valence-electron chi connectivity index (χ4n) is 2.65. The van der Waals surface area contributed by atoms with E-state index in [1.165, 1.54) is 16.9 Å². The molecule has 3 rings (SSSR count). The molecule has 1 unspecified atom stereocenters. The normalized spacial score (nSPS) is 16.9. The van der Waals surface area contributed by atoms with Crippen molar-refractivity contribution >= 4 is 33.2 Å². The van der Waals surface area contributed by atoms with Gasteiger partial charge in [-0.15, -0.1) is 11.3 Å². The third kappa shape index (κ3) is 4.38. The van der Waals surface area contributed by atoms with Crippen LogP contribution in [0.4, 0.5) is 0 Å². The second-order valence-electron chi connectivity index (χ2n) is 5.25. The van der Waals surface area contributed by atoms with Gasteiger partial charge in [-0.1, -0.05) is 30.3 Å². The van der Waals surface area contributed by atoms with Gasteiger partial charge >= 0.3 is 0 Å². The number of carbonyl (C=O) groups is 1. The molecule has 1 aliphatic rings. The molecule has 5 nitrogen and oxygen atoms in total. The molecule has 23 heavy (non-hydrogen) atoms. The van der Waals surface area contributed by atoms with Crippen LogP contribution in [0.1, 0.15) is 21.4 Å². The van der Waals surface area contributed by atoms with E-state index in [9.17, 15) is 4.79 Å². The molecule has 1 N–H and O–H groups in total. The van der Waals surface area contributed by atoms with E-state index in [0.29, 0.717) is 11.6 Å². The minimum atomic E-state index is -0.130. The van der Waals surface area contributed by atoms with Crippen molar-refractivity contribution in [2.24, 2.45) is 0 Å². The van der Waals surface area contributed by atoms with Crippen LogP contribution in [0.15, 0.2) is 40.3 Å². The highest BCUT2D eigenvalue weighted by atomic mass is 79.9. The van der Waals surface area contributed by atoms with E-state index >= 15 is 0 Å². The van der Waals surface area contributed by atoms with E-state index in [2.05, 4.69) is 43.3 Å². The third-order valence-electron chi connectivity index (χ3n) is 3.80. The maximum Gasteiger partial charge on any atom is 0.280 e. The summed E-state index contributed by atoms with van der Waals surface area (Å²) in [5, 5.41) is 3.49. The molecule has 1 atom stereocenters. The number of thiazole rings is 1. The summed E-state index contributed by atoms with van der Waals surface area (Å²) >= 11 is 4.67. The fourth-order valence-corrected chi connectivity index (χ4v) is 3.77. The number of morpholine rings is 1. The van der Waals surface area contributed by atoms with Crippen molar-refractivity contribution in [3.63, 3.8) is 0 Å². The first kappa shape index (κ1) is 16.6. The van der Waals surface area contributed by atoms with Gasteiger partial charge in [0.25, 0.3) is 5.91 Å². The van der Waals surface area contributed by atoms with Gasteiger partial charge in [-0.2, -0.15) is 0 Å². The minimum Gasteiger partial charge on any atom is -0.379 e. The lowest BCUT2D eigenvalue weighted by Gasteiger charge is -2.34. The predicted octanol–water partition coefficient (Wildman–Crippen LogP) is 2.71. The first-order valence-corrected chi connectivity index (χ1v) is 9.11. The van der Waals surface area contributed by atoms with Gasteiger partial charge in [0.05, 0.1) is 29.2 Å². The number of rotatable bonds is 5. The number of amides is 1. The van der Waals surface area contributed by atoms with Crippen LogP contribution in [0.5, 0.6) is 0 Å². The maximum absolute atomic E-state index is 12.2. The summed E-state index contributed by atoms with van der Waals surface area (Å²) in [4.78, 5) is 18.7. The van der Waals surface area contributed by atoms with Crippen molar-refractivity contribution in [1.82, 2.24) is 15.2 Å². The van der Waals surface area contributed by atoms with Gasteiger partial charge in [-0.3, -0.25) is 9.69 Å². The Bertz CT molecular complexity index is 644. The Morgan fingerprint density at radius 1 is 1.35 bits per heavy atom. The second-order valence-corrected chi connectivity index (χ2v) is 7.66. The van der Waals surface area contributed by atoms with E-state index in [0.717, 1.165) is 30.1 Å². The molecule has 0 aliphatic carbocycles. The van der Waals surface area contributed by atoms with Crippen LogP contribution in [-0.4, -0.2) is 48.6 Å². The van der Waals surface area contributed by atoms with Gasteiger partial charge in [-0.05, 0) is 21.5 Å². The van der Waals surface area contributed by atoms with Gasteiger partial charge in [-0.25, -0.2) is 4.98 Å². The minimum absolute atomic E-state index is 0.130. The van der Waals surface area contributed by atoms with Crippen molar-refractivity contribution in [2.45, 2.75) is 6.04 Å². The molecule has 1 saturated heterocycles. The van der Waals surface area contributed by atoms with Gasteiger partial charge in [0.1, 0.15) is 0 Å². The maximum atomic E-state index is 12.2. The van der Waals surface area contributed by atoms with E-state index in [1.807, 2.05) is 18.2 Å². The molecule has 0 spiro atoms. The number of carbonyl (C=O) groups excluding carboxylic acids is 1. The summed E-state index contributed by atoms with van der Waals surface area (Å²) in [6.45, 7) is 3.77. The Kier molecular flexibility index (Phi) is 5.77. The molecule has 122 valence electrons. The third-order valence-corrected chi connectivity index (χ3v) is 5.27. The highest BCUT2D eigenvalue weighted by Gasteiger charge is 2.23. The number of aromatic nitrogens is 1. The summed E-state index contributed by atoms with van der Waals surface area (Å²) in [5.74, 6) is -0.130. The van der Waals surface area contributed by atoms with Gasteiger partial charge < -0.3 is 10.1 Å². The average molecular weight is 396 g/mol. The predicted molar refractivity (Wildman–Crippen MR) is 93.7 cm³/mol. The summed E-state index contributed by atoms with van der Waals surface area (Å²) in [6.07, 6.45) is 1.65. The average Bonchev–Trinajstić information content (AvgIpc) is 3.03. The van der Waals surface area contributed by atoms with Crippen molar-refractivity contribution in [2.75, 3.05) is 32.8 Å². The largest absolute Gasteiger partial charge is 0.379 e. The first-order valence-electron chi connectivity index (χ1n) is 7.50. The molecule has 1 amide bonds. The summed E-state index contributed by atoms with van der Waals surface area (Å²) in [7, 11) is 0. The molecule has 2 aromatic rings. The number of halogens is 1. The molecule has 7 heteroatoms. The van der Waals surface area contributed by atoms with Crippen LogP contribution < -0.4 is 5.32 Å². The van der Waals surface area contributed by atoms with E-state index in [1.54, 1.807) is 6.20 Å². The number of hydrogen-bond acceptors (Lipinski definition) is 5. The molecule has 2 heterocycles. The Morgan fingerprint density at radius 3 is 2.74 bits per heavy atom. The van der Waals surface area contributed by atoms with Crippen LogP contribution in [-0.2, 0) is 4.74 Å². The number of benzene rings is 1. The molecule has 1 aromatic carbocycles. The SMILES string of the molecule is O=C(NCC(c1ccccc1)N1CCOCC1)c1ncc(Br)s1. The molecule has 1 aromatic heterocycles. The summed E-state index contributed by atoms with van der Waals surface area (Å²) in [5.41, 5.74) is 1.20. The molecule has 1 aliphatic heterocycles. The van der Waals surface area contributed by atoms with Crippen LogP contribution in [0.25, 0.3) is 0 Å². The van der Waals surface area contributed by atoms with Gasteiger partial charge in [0, 0.05) is 19.6 Å². The van der Waals surface area contributed by atoms with Gasteiger partial charge in [0.15, 0.2) is 5.01 Å². The van der Waals surface area contributed by atoms with Crippen molar-refractivity contribution in [3.05, 3.63) is 50.9 Å². The lowest BCUT2D eigenvalue weighted by molar-refractivity contribution is 0.0162. The Morgan fingerprint density at radius 2 is 2.09 bits per heavy atom. The van der Waals surface area contributed by atoms with Gasteiger partial charge in [0.2, 0.25) is 0 Å². The van der Waals surface area contributed by atoms with Crippen molar-refractivity contribution in [1.29, 1.82) is 0 Å². The number of hydrogen-bond donors (Lipinski definition) is 1. The molecule has 0 bridgehead atoms. The fraction of sp³-hybridized carbons (Fsp3) is 0.375. The van der Waals surface area contributed by atoms with E-state index in [-0.39, 0.29) is 11.9 Å². The standard InChI is InChI=1S/C16H18BrN3O2S/c17-14-11-19-16(23-14)15(21)18-10-13(12-4-2-1-3-5-12)20-6-8-22-9-7-20/h1-5,11,13H,6-10H2,(H,18,21). The molecule has 0 radical (unpaired) electrons. The topological polar surface area (TPSA) is 54.5 Å². The first-order chi connectivity index (χ1) is 11.2.